The molecule has 0 fully saturated rings. The number of rotatable bonds is 3. The molecule has 0 radical (unpaired) electrons. The van der Waals surface area contributed by atoms with Crippen LogP contribution in [0, 0.1) is 5.82 Å². The van der Waals surface area contributed by atoms with E-state index in [2.05, 4.69) is 4.98 Å². The second-order valence-corrected chi connectivity index (χ2v) is 3.22. The van der Waals surface area contributed by atoms with Crippen LogP contribution in [0.5, 0.6) is 0 Å². The van der Waals surface area contributed by atoms with E-state index in [4.69, 9.17) is 9.52 Å². The van der Waals surface area contributed by atoms with Crippen LogP contribution in [-0.2, 0) is 6.61 Å². The molecule has 2 rings (SSSR count). The maximum atomic E-state index is 12.6. The van der Waals surface area contributed by atoms with E-state index in [9.17, 15) is 4.39 Å². The Morgan fingerprint density at radius 2 is 2.00 bits per heavy atom. The van der Waals surface area contributed by atoms with Gasteiger partial charge in [0.25, 0.3) is 0 Å². The molecule has 2 aromatic rings. The van der Waals surface area contributed by atoms with Crippen molar-refractivity contribution in [2.75, 3.05) is 0 Å². The number of halogens is 1. The number of hydrogen-bond acceptors (Lipinski definition) is 3. The Hall–Kier alpha value is -1.94. The average molecular weight is 219 g/mol. The van der Waals surface area contributed by atoms with Crippen molar-refractivity contribution < 1.29 is 13.9 Å². The molecular weight excluding hydrogens is 209 g/mol. The van der Waals surface area contributed by atoms with Crippen LogP contribution in [-0.4, -0.2) is 10.1 Å². The van der Waals surface area contributed by atoms with Crippen molar-refractivity contribution >= 4 is 12.2 Å². The van der Waals surface area contributed by atoms with Gasteiger partial charge in [-0.05, 0) is 23.8 Å². The van der Waals surface area contributed by atoms with Gasteiger partial charge < -0.3 is 9.52 Å². The zero-order chi connectivity index (χ0) is 11.4. The first kappa shape index (κ1) is 10.6. The van der Waals surface area contributed by atoms with E-state index in [1.54, 1.807) is 24.3 Å². The minimum atomic E-state index is -0.268. The molecule has 0 aliphatic rings. The van der Waals surface area contributed by atoms with Gasteiger partial charge in [0.2, 0.25) is 5.89 Å². The molecule has 0 spiro atoms. The van der Waals surface area contributed by atoms with Crippen molar-refractivity contribution in [3.63, 3.8) is 0 Å². The third-order valence-corrected chi connectivity index (χ3v) is 2.02. The molecular formula is C12H10FNO2. The number of aliphatic hydroxyl groups excluding tert-OH is 1. The van der Waals surface area contributed by atoms with Crippen molar-refractivity contribution in [2.45, 2.75) is 6.61 Å². The summed E-state index contributed by atoms with van der Waals surface area (Å²) in [4.78, 5) is 3.98. The fourth-order valence-electron chi connectivity index (χ4n) is 1.21. The zero-order valence-corrected chi connectivity index (χ0v) is 8.43. The summed E-state index contributed by atoms with van der Waals surface area (Å²) in [5.74, 6) is 0.143. The summed E-state index contributed by atoms with van der Waals surface area (Å²) in [5.41, 5.74) is 1.34. The summed E-state index contributed by atoms with van der Waals surface area (Å²) in [6.07, 6.45) is 4.81. The van der Waals surface area contributed by atoms with E-state index in [-0.39, 0.29) is 12.4 Å². The lowest BCUT2D eigenvalue weighted by atomic mass is 10.2. The third-order valence-electron chi connectivity index (χ3n) is 2.02. The second kappa shape index (κ2) is 4.72. The smallest absolute Gasteiger partial charge is 0.218 e. The maximum absolute atomic E-state index is 12.6. The quantitative estimate of drug-likeness (QED) is 0.862. The molecule has 3 nitrogen and oxygen atoms in total. The van der Waals surface area contributed by atoms with Crippen LogP contribution in [0.15, 0.2) is 34.9 Å². The molecule has 0 unspecified atom stereocenters. The Labute approximate surface area is 91.9 Å². The molecule has 16 heavy (non-hydrogen) atoms. The summed E-state index contributed by atoms with van der Waals surface area (Å²) < 4.78 is 17.7. The Morgan fingerprint density at radius 1 is 1.25 bits per heavy atom. The fourth-order valence-corrected chi connectivity index (χ4v) is 1.21. The van der Waals surface area contributed by atoms with E-state index in [1.165, 1.54) is 18.4 Å². The highest BCUT2D eigenvalue weighted by molar-refractivity contribution is 5.65. The van der Waals surface area contributed by atoms with Crippen LogP contribution in [0.1, 0.15) is 17.1 Å². The van der Waals surface area contributed by atoms with Gasteiger partial charge in [0.05, 0.1) is 6.61 Å². The van der Waals surface area contributed by atoms with Gasteiger partial charge >= 0.3 is 0 Å². The minimum Gasteiger partial charge on any atom is -0.445 e. The summed E-state index contributed by atoms with van der Waals surface area (Å²) in [7, 11) is 0. The van der Waals surface area contributed by atoms with Crippen LogP contribution < -0.4 is 0 Å². The molecule has 1 heterocycles. The third kappa shape index (κ3) is 2.55. The van der Waals surface area contributed by atoms with Gasteiger partial charge in [-0.1, -0.05) is 12.1 Å². The summed E-state index contributed by atoms with van der Waals surface area (Å²) >= 11 is 0. The van der Waals surface area contributed by atoms with Crippen LogP contribution in [0.4, 0.5) is 4.39 Å². The summed E-state index contributed by atoms with van der Waals surface area (Å²) in [5, 5.41) is 8.78. The molecule has 0 bridgehead atoms. The van der Waals surface area contributed by atoms with E-state index < -0.39 is 0 Å². The van der Waals surface area contributed by atoms with Gasteiger partial charge in [-0.2, -0.15) is 0 Å². The van der Waals surface area contributed by atoms with E-state index >= 15 is 0 Å². The molecule has 0 amide bonds. The molecule has 0 saturated heterocycles. The Bertz CT molecular complexity index is 488. The van der Waals surface area contributed by atoms with Crippen LogP contribution >= 0.6 is 0 Å². The molecule has 1 aromatic heterocycles. The number of aromatic nitrogens is 1. The molecule has 82 valence electrons. The number of aliphatic hydroxyl groups is 1. The second-order valence-electron chi connectivity index (χ2n) is 3.22. The molecule has 0 atom stereocenters. The molecule has 1 aromatic carbocycles. The van der Waals surface area contributed by atoms with Gasteiger partial charge in [-0.15, -0.1) is 0 Å². The van der Waals surface area contributed by atoms with Crippen molar-refractivity contribution in [3.05, 3.63) is 53.5 Å². The van der Waals surface area contributed by atoms with Crippen molar-refractivity contribution in [3.8, 4) is 0 Å². The van der Waals surface area contributed by atoms with E-state index in [0.717, 1.165) is 5.56 Å². The highest BCUT2D eigenvalue weighted by Crippen LogP contribution is 2.09. The monoisotopic (exact) mass is 219 g/mol. The Morgan fingerprint density at radius 3 is 2.62 bits per heavy atom. The SMILES string of the molecule is OCc1coc(C=Cc2ccc(F)cc2)n1. The van der Waals surface area contributed by atoms with Crippen LogP contribution in [0.3, 0.4) is 0 Å². The van der Waals surface area contributed by atoms with Gasteiger partial charge in [0.1, 0.15) is 17.8 Å². The predicted octanol–water partition coefficient (Wildman–Crippen LogP) is 2.48. The first-order valence-corrected chi connectivity index (χ1v) is 4.77. The first-order chi connectivity index (χ1) is 7.78. The lowest BCUT2D eigenvalue weighted by Gasteiger charge is -1.91. The summed E-state index contributed by atoms with van der Waals surface area (Å²) in [6.45, 7) is -0.145. The zero-order valence-electron chi connectivity index (χ0n) is 8.43. The minimum absolute atomic E-state index is 0.145. The maximum Gasteiger partial charge on any atom is 0.218 e. The average Bonchev–Trinajstić information content (AvgIpc) is 2.76. The van der Waals surface area contributed by atoms with E-state index in [0.29, 0.717) is 11.6 Å². The van der Waals surface area contributed by atoms with Crippen LogP contribution in [0.25, 0.3) is 12.2 Å². The van der Waals surface area contributed by atoms with E-state index in [1.807, 2.05) is 0 Å². The van der Waals surface area contributed by atoms with Gasteiger partial charge in [-0.3, -0.25) is 0 Å². The standard InChI is InChI=1S/C12H10FNO2/c13-10-4-1-9(2-5-10)3-6-12-14-11(7-15)8-16-12/h1-6,8,15H,7H2. The van der Waals surface area contributed by atoms with Gasteiger partial charge in [-0.25, -0.2) is 9.37 Å². The fraction of sp³-hybridized carbons (Fsp3) is 0.0833. The van der Waals surface area contributed by atoms with Crippen molar-refractivity contribution in [1.82, 2.24) is 4.98 Å². The van der Waals surface area contributed by atoms with Crippen LogP contribution in [0.2, 0.25) is 0 Å². The highest BCUT2D eigenvalue weighted by Gasteiger charge is 1.98. The highest BCUT2D eigenvalue weighted by atomic mass is 19.1. The topological polar surface area (TPSA) is 46.3 Å². The Kier molecular flexibility index (Phi) is 3.12. The van der Waals surface area contributed by atoms with Crippen molar-refractivity contribution in [1.29, 1.82) is 0 Å². The number of hydrogen-bond donors (Lipinski definition) is 1. The molecule has 4 heteroatoms. The normalized spacial score (nSPS) is 11.1. The Balaban J connectivity index is 2.11. The molecule has 0 aliphatic heterocycles. The predicted molar refractivity (Wildman–Crippen MR) is 57.8 cm³/mol. The number of nitrogens with zero attached hydrogens (tertiary/aromatic N) is 1. The van der Waals surface area contributed by atoms with Crippen molar-refractivity contribution in [2.24, 2.45) is 0 Å². The van der Waals surface area contributed by atoms with Gasteiger partial charge in [0, 0.05) is 6.08 Å². The number of oxazole rings is 1. The lowest BCUT2D eigenvalue weighted by molar-refractivity contribution is 0.276. The molecule has 0 saturated carbocycles. The first-order valence-electron chi connectivity index (χ1n) is 4.77. The molecule has 0 aliphatic carbocycles. The summed E-state index contributed by atoms with van der Waals surface area (Å²) in [6, 6.07) is 6.08. The largest absolute Gasteiger partial charge is 0.445 e. The number of benzene rings is 1. The molecule has 1 N–H and O–H groups in total. The van der Waals surface area contributed by atoms with Gasteiger partial charge in [0.15, 0.2) is 0 Å². The lowest BCUT2D eigenvalue weighted by Crippen LogP contribution is -1.81.